The minimum Gasteiger partial charge on any atom is -0.218 e. The SMILES string of the molecule is CCc1c(Cl)nc(SC)nc1C(F)(F)F. The van der Waals surface area contributed by atoms with Crippen LogP contribution in [-0.4, -0.2) is 16.2 Å². The van der Waals surface area contributed by atoms with Crippen molar-refractivity contribution in [2.24, 2.45) is 0 Å². The molecule has 0 aliphatic rings. The van der Waals surface area contributed by atoms with Crippen LogP contribution in [0.5, 0.6) is 0 Å². The van der Waals surface area contributed by atoms with E-state index in [1.54, 1.807) is 13.2 Å². The van der Waals surface area contributed by atoms with Crippen molar-refractivity contribution in [3.8, 4) is 0 Å². The molecule has 2 nitrogen and oxygen atoms in total. The Labute approximate surface area is 94.3 Å². The molecule has 0 spiro atoms. The fourth-order valence-corrected chi connectivity index (χ4v) is 1.79. The first kappa shape index (κ1) is 12.6. The molecule has 15 heavy (non-hydrogen) atoms. The van der Waals surface area contributed by atoms with Crippen molar-refractivity contribution in [3.05, 3.63) is 16.4 Å². The zero-order valence-electron chi connectivity index (χ0n) is 8.02. The van der Waals surface area contributed by atoms with Gasteiger partial charge in [0.05, 0.1) is 0 Å². The molecule has 1 rings (SSSR count). The molecule has 7 heteroatoms. The van der Waals surface area contributed by atoms with Crippen molar-refractivity contribution in [2.75, 3.05) is 6.26 Å². The minimum atomic E-state index is -4.48. The maximum Gasteiger partial charge on any atom is 0.433 e. The van der Waals surface area contributed by atoms with Gasteiger partial charge in [-0.1, -0.05) is 30.3 Å². The summed E-state index contributed by atoms with van der Waals surface area (Å²) in [6.07, 6.45) is -2.73. The van der Waals surface area contributed by atoms with E-state index in [0.29, 0.717) is 0 Å². The van der Waals surface area contributed by atoms with E-state index >= 15 is 0 Å². The largest absolute Gasteiger partial charge is 0.433 e. The quantitative estimate of drug-likeness (QED) is 0.461. The number of aromatic nitrogens is 2. The van der Waals surface area contributed by atoms with Gasteiger partial charge >= 0.3 is 6.18 Å². The van der Waals surface area contributed by atoms with E-state index in [2.05, 4.69) is 9.97 Å². The van der Waals surface area contributed by atoms with E-state index in [1.165, 1.54) is 0 Å². The maximum atomic E-state index is 12.6. The van der Waals surface area contributed by atoms with Crippen molar-refractivity contribution in [1.29, 1.82) is 0 Å². The van der Waals surface area contributed by atoms with Gasteiger partial charge in [0.15, 0.2) is 10.9 Å². The lowest BCUT2D eigenvalue weighted by molar-refractivity contribution is -0.142. The summed E-state index contributed by atoms with van der Waals surface area (Å²) in [6, 6.07) is 0. The van der Waals surface area contributed by atoms with E-state index in [0.717, 1.165) is 11.8 Å². The summed E-state index contributed by atoms with van der Waals surface area (Å²) in [4.78, 5) is 7.19. The first-order valence-electron chi connectivity index (χ1n) is 4.07. The van der Waals surface area contributed by atoms with Crippen LogP contribution in [-0.2, 0) is 12.6 Å². The number of hydrogen-bond donors (Lipinski definition) is 0. The number of rotatable bonds is 2. The third-order valence-electron chi connectivity index (χ3n) is 1.74. The molecule has 0 unspecified atom stereocenters. The average Bonchev–Trinajstić information content (AvgIpc) is 2.15. The van der Waals surface area contributed by atoms with Gasteiger partial charge in [-0.25, -0.2) is 9.97 Å². The second-order valence-corrected chi connectivity index (χ2v) is 3.81. The van der Waals surface area contributed by atoms with Crippen molar-refractivity contribution in [2.45, 2.75) is 24.7 Å². The lowest BCUT2D eigenvalue weighted by Crippen LogP contribution is -2.14. The minimum absolute atomic E-state index is 0.0320. The molecule has 0 radical (unpaired) electrons. The third-order valence-corrected chi connectivity index (χ3v) is 2.60. The summed E-state index contributed by atoms with van der Waals surface area (Å²) in [6.45, 7) is 1.58. The van der Waals surface area contributed by atoms with Crippen LogP contribution in [0.15, 0.2) is 5.16 Å². The van der Waals surface area contributed by atoms with Crippen LogP contribution in [0, 0.1) is 0 Å². The second kappa shape index (κ2) is 4.57. The summed E-state index contributed by atoms with van der Waals surface area (Å²) in [5.74, 6) is 0. The highest BCUT2D eigenvalue weighted by atomic mass is 35.5. The molecule has 0 aliphatic carbocycles. The van der Waals surface area contributed by atoms with Crippen molar-refractivity contribution in [3.63, 3.8) is 0 Å². The Morgan fingerprint density at radius 2 is 1.93 bits per heavy atom. The van der Waals surface area contributed by atoms with Gasteiger partial charge in [0.1, 0.15) is 5.15 Å². The summed E-state index contributed by atoms with van der Waals surface area (Å²) < 4.78 is 37.7. The van der Waals surface area contributed by atoms with Gasteiger partial charge in [-0.15, -0.1) is 0 Å². The van der Waals surface area contributed by atoms with Gasteiger partial charge in [-0.05, 0) is 12.7 Å². The molecule has 0 atom stereocenters. The summed E-state index contributed by atoms with van der Waals surface area (Å²) in [5.41, 5.74) is -0.990. The Balaban J connectivity index is 3.39. The summed E-state index contributed by atoms with van der Waals surface area (Å²) in [5, 5.41) is -0.0892. The van der Waals surface area contributed by atoms with Crippen LogP contribution in [0.4, 0.5) is 13.2 Å². The van der Waals surface area contributed by atoms with E-state index in [4.69, 9.17) is 11.6 Å². The number of halogens is 4. The molecule has 0 bridgehead atoms. The number of hydrogen-bond acceptors (Lipinski definition) is 3. The molecule has 0 saturated heterocycles. The zero-order valence-corrected chi connectivity index (χ0v) is 9.59. The summed E-state index contributed by atoms with van der Waals surface area (Å²) >= 11 is 6.68. The first-order chi connectivity index (χ1) is 6.90. The second-order valence-electron chi connectivity index (χ2n) is 2.68. The predicted molar refractivity (Wildman–Crippen MR) is 53.2 cm³/mol. The molecule has 0 aliphatic heterocycles. The molecular formula is C8H8ClF3N2S. The topological polar surface area (TPSA) is 25.8 Å². The molecule has 0 amide bonds. The Bertz CT molecular complexity index is 368. The Morgan fingerprint density at radius 1 is 1.33 bits per heavy atom. The van der Waals surface area contributed by atoms with E-state index < -0.39 is 11.9 Å². The van der Waals surface area contributed by atoms with E-state index in [1.807, 2.05) is 0 Å². The van der Waals surface area contributed by atoms with Crippen LogP contribution in [0.2, 0.25) is 5.15 Å². The van der Waals surface area contributed by atoms with Crippen LogP contribution in [0.3, 0.4) is 0 Å². The lowest BCUT2D eigenvalue weighted by atomic mass is 10.2. The summed E-state index contributed by atoms with van der Waals surface area (Å²) in [7, 11) is 0. The lowest BCUT2D eigenvalue weighted by Gasteiger charge is -2.12. The smallest absolute Gasteiger partial charge is 0.218 e. The fraction of sp³-hybridized carbons (Fsp3) is 0.500. The molecule has 0 fully saturated rings. The van der Waals surface area contributed by atoms with Gasteiger partial charge in [-0.2, -0.15) is 13.2 Å². The zero-order chi connectivity index (χ0) is 11.6. The number of thioether (sulfide) groups is 1. The Kier molecular flexibility index (Phi) is 3.83. The van der Waals surface area contributed by atoms with Gasteiger partial charge in [0, 0.05) is 5.56 Å². The van der Waals surface area contributed by atoms with Crippen molar-refractivity contribution in [1.82, 2.24) is 9.97 Å². The highest BCUT2D eigenvalue weighted by Crippen LogP contribution is 2.34. The van der Waals surface area contributed by atoms with Crippen LogP contribution < -0.4 is 0 Å². The molecular weight excluding hydrogens is 249 g/mol. The Hall–Kier alpha value is -0.490. The van der Waals surface area contributed by atoms with Gasteiger partial charge < -0.3 is 0 Å². The number of alkyl halides is 3. The van der Waals surface area contributed by atoms with Gasteiger partial charge in [0.25, 0.3) is 0 Å². The molecule has 0 N–H and O–H groups in total. The van der Waals surface area contributed by atoms with Crippen LogP contribution >= 0.6 is 23.4 Å². The third kappa shape index (κ3) is 2.75. The normalized spacial score (nSPS) is 11.9. The fourth-order valence-electron chi connectivity index (χ4n) is 1.08. The highest BCUT2D eigenvalue weighted by Gasteiger charge is 2.36. The maximum absolute atomic E-state index is 12.6. The van der Waals surface area contributed by atoms with Crippen LogP contribution in [0.1, 0.15) is 18.2 Å². The van der Waals surface area contributed by atoms with Gasteiger partial charge in [0.2, 0.25) is 0 Å². The molecule has 0 saturated carbocycles. The monoisotopic (exact) mass is 256 g/mol. The van der Waals surface area contributed by atoms with Crippen molar-refractivity contribution >= 4 is 23.4 Å². The van der Waals surface area contributed by atoms with Crippen LogP contribution in [0.25, 0.3) is 0 Å². The standard InChI is InChI=1S/C8H8ClF3N2S/c1-3-4-5(8(10,11)12)13-7(15-2)14-6(4)9/h3H2,1-2H3. The number of nitrogens with zero attached hydrogens (tertiary/aromatic N) is 2. The Morgan fingerprint density at radius 3 is 2.33 bits per heavy atom. The molecule has 1 aromatic rings. The molecule has 1 aromatic heterocycles. The predicted octanol–water partition coefficient (Wildman–Crippen LogP) is 3.43. The van der Waals surface area contributed by atoms with E-state index in [9.17, 15) is 13.2 Å². The molecule has 1 heterocycles. The first-order valence-corrected chi connectivity index (χ1v) is 5.68. The molecule has 0 aromatic carbocycles. The highest BCUT2D eigenvalue weighted by molar-refractivity contribution is 7.98. The van der Waals surface area contributed by atoms with Crippen molar-refractivity contribution < 1.29 is 13.2 Å². The van der Waals surface area contributed by atoms with Gasteiger partial charge in [-0.3, -0.25) is 0 Å². The molecule has 84 valence electrons. The average molecular weight is 257 g/mol. The van der Waals surface area contributed by atoms with E-state index in [-0.39, 0.29) is 22.3 Å².